The third-order valence-electron chi connectivity index (χ3n) is 4.54. The number of nitrogens with zero attached hydrogens (tertiary/aromatic N) is 2. The van der Waals surface area contributed by atoms with Crippen molar-refractivity contribution in [1.29, 1.82) is 0 Å². The molecule has 176 valence electrons. The molecule has 1 heterocycles. The van der Waals surface area contributed by atoms with Gasteiger partial charge in [-0.1, -0.05) is 23.2 Å². The second-order valence-corrected chi connectivity index (χ2v) is 7.89. The van der Waals surface area contributed by atoms with E-state index in [2.05, 4.69) is 0 Å². The summed E-state index contributed by atoms with van der Waals surface area (Å²) in [5.41, 5.74) is -5.06. The zero-order valence-electron chi connectivity index (χ0n) is 16.1. The molecule has 0 fully saturated rings. The van der Waals surface area contributed by atoms with Crippen LogP contribution in [0.4, 0.5) is 26.3 Å². The molecule has 33 heavy (non-hydrogen) atoms. The van der Waals surface area contributed by atoms with Crippen molar-refractivity contribution in [2.45, 2.75) is 24.9 Å². The molecular weight excluding hydrogens is 501 g/mol. The Kier molecular flexibility index (Phi) is 6.58. The zero-order valence-corrected chi connectivity index (χ0v) is 17.6. The molecule has 3 rings (SSSR count). The molecule has 1 aromatic heterocycles. The first kappa shape index (κ1) is 24.7. The van der Waals surface area contributed by atoms with Crippen molar-refractivity contribution >= 4 is 23.2 Å². The van der Waals surface area contributed by atoms with Crippen molar-refractivity contribution in [2.75, 3.05) is 0 Å². The van der Waals surface area contributed by atoms with Gasteiger partial charge < -0.3 is 5.11 Å². The van der Waals surface area contributed by atoms with Crippen LogP contribution >= 0.6 is 23.2 Å². The predicted octanol–water partition coefficient (Wildman–Crippen LogP) is 4.88. The van der Waals surface area contributed by atoms with Crippen LogP contribution in [-0.4, -0.2) is 14.2 Å². The molecule has 0 bridgehead atoms. The lowest BCUT2D eigenvalue weighted by molar-refractivity contribution is -0.0317. The first-order chi connectivity index (χ1) is 15.2. The maximum atomic E-state index is 14.7. The highest BCUT2D eigenvalue weighted by atomic mass is 35.5. The fourth-order valence-corrected chi connectivity index (χ4v) is 3.45. The number of halogens is 8. The second-order valence-electron chi connectivity index (χ2n) is 7.02. The van der Waals surface area contributed by atoms with E-state index in [1.165, 1.54) is 0 Å². The van der Waals surface area contributed by atoms with E-state index in [4.69, 9.17) is 23.2 Å². The molecule has 0 amide bonds. The van der Waals surface area contributed by atoms with Crippen molar-refractivity contribution in [3.63, 3.8) is 0 Å². The molecule has 0 radical (unpaired) electrons. The minimum Gasteiger partial charge on any atom is -0.494 e. The molecule has 0 unspecified atom stereocenters. The minimum absolute atomic E-state index is 0.0329. The first-order valence-corrected chi connectivity index (χ1v) is 9.68. The molecule has 0 atom stereocenters. The fourth-order valence-electron chi connectivity index (χ4n) is 3.01. The van der Waals surface area contributed by atoms with E-state index < -0.39 is 64.8 Å². The van der Waals surface area contributed by atoms with Crippen molar-refractivity contribution in [3.05, 3.63) is 96.1 Å². The molecule has 0 aliphatic carbocycles. The zero-order chi connectivity index (χ0) is 24.7. The maximum absolute atomic E-state index is 14.7. The Bertz CT molecular complexity index is 1300. The van der Waals surface area contributed by atoms with Crippen LogP contribution in [0.3, 0.4) is 0 Å². The Morgan fingerprint density at radius 1 is 0.727 bits per heavy atom. The monoisotopic (exact) mass is 512 g/mol. The average Bonchev–Trinajstić information content (AvgIpc) is 2.67. The third kappa shape index (κ3) is 5.36. The van der Waals surface area contributed by atoms with E-state index in [1.807, 2.05) is 0 Å². The lowest BCUT2D eigenvalue weighted by Gasteiger charge is -2.22. The summed E-state index contributed by atoms with van der Waals surface area (Å²) in [5, 5.41) is 9.11. The Morgan fingerprint density at radius 3 is 1.58 bits per heavy atom. The van der Waals surface area contributed by atoms with Crippen LogP contribution in [0, 0.1) is 11.6 Å². The van der Waals surface area contributed by atoms with Gasteiger partial charge in [0.1, 0.15) is 11.6 Å². The first-order valence-electron chi connectivity index (χ1n) is 8.92. The summed E-state index contributed by atoms with van der Waals surface area (Å²) in [6.07, 6.45) is 0. The van der Waals surface area contributed by atoms with E-state index >= 15 is 0 Å². The SMILES string of the molecule is O=c1cc(O)n(CC(F)(F)c2cc(F)cc(Cl)c2)c(=O)n1CC(F)(F)c1cc(F)cc(Cl)c1. The molecule has 0 aliphatic heterocycles. The van der Waals surface area contributed by atoms with E-state index in [0.717, 1.165) is 12.1 Å². The number of rotatable bonds is 6. The Morgan fingerprint density at radius 2 is 1.15 bits per heavy atom. The Labute approximate surface area is 191 Å². The minimum atomic E-state index is -4.03. The molecule has 0 spiro atoms. The van der Waals surface area contributed by atoms with Crippen LogP contribution in [0.15, 0.2) is 52.1 Å². The summed E-state index contributed by atoms with van der Waals surface area (Å²) in [7, 11) is 0. The van der Waals surface area contributed by atoms with Crippen LogP contribution in [0.2, 0.25) is 10.0 Å². The van der Waals surface area contributed by atoms with E-state index in [9.17, 15) is 41.0 Å². The number of benzene rings is 2. The number of hydrogen-bond donors (Lipinski definition) is 1. The van der Waals surface area contributed by atoms with Crippen molar-refractivity contribution in [1.82, 2.24) is 9.13 Å². The van der Waals surface area contributed by atoms with Crippen LogP contribution in [0.25, 0.3) is 0 Å². The van der Waals surface area contributed by atoms with Gasteiger partial charge in [-0.3, -0.25) is 13.9 Å². The van der Waals surface area contributed by atoms with Gasteiger partial charge in [-0.05, 0) is 36.4 Å². The van der Waals surface area contributed by atoms with Gasteiger partial charge in [0.25, 0.3) is 17.4 Å². The van der Waals surface area contributed by atoms with Gasteiger partial charge >= 0.3 is 5.69 Å². The van der Waals surface area contributed by atoms with Gasteiger partial charge in [0.05, 0.1) is 19.2 Å². The van der Waals surface area contributed by atoms with Crippen LogP contribution < -0.4 is 11.2 Å². The summed E-state index contributed by atoms with van der Waals surface area (Å²) in [6.45, 7) is -3.29. The Balaban J connectivity index is 2.04. The standard InChI is InChI=1S/C20H12Cl2F6N2O3/c21-12-1-10(3-14(23)5-12)19(25,26)8-29-16(31)7-17(32)30(18(29)33)9-20(27,28)11-2-13(22)6-15(24)4-11/h1-7,31H,8-9H2. The largest absolute Gasteiger partial charge is 0.494 e. The smallest absolute Gasteiger partial charge is 0.334 e. The number of aromatic nitrogens is 2. The van der Waals surface area contributed by atoms with E-state index in [-0.39, 0.29) is 25.2 Å². The molecule has 3 aromatic rings. The van der Waals surface area contributed by atoms with Crippen molar-refractivity contribution in [3.8, 4) is 5.88 Å². The van der Waals surface area contributed by atoms with Crippen LogP contribution in [0.1, 0.15) is 11.1 Å². The maximum Gasteiger partial charge on any atom is 0.334 e. The summed E-state index contributed by atoms with van der Waals surface area (Å²) in [5.74, 6) is -11.5. The average molecular weight is 513 g/mol. The van der Waals surface area contributed by atoms with Gasteiger partial charge in [-0.25, -0.2) is 13.6 Å². The third-order valence-corrected chi connectivity index (χ3v) is 4.98. The highest BCUT2D eigenvalue weighted by Crippen LogP contribution is 2.34. The summed E-state index contributed by atoms with van der Waals surface area (Å²) < 4.78 is 85.6. The molecule has 1 N–H and O–H groups in total. The topological polar surface area (TPSA) is 64.2 Å². The van der Waals surface area contributed by atoms with Crippen LogP contribution in [-0.2, 0) is 24.9 Å². The molecule has 2 aromatic carbocycles. The second kappa shape index (κ2) is 8.79. The van der Waals surface area contributed by atoms with Gasteiger partial charge in [-0.2, -0.15) is 17.6 Å². The number of hydrogen-bond acceptors (Lipinski definition) is 3. The van der Waals surface area contributed by atoms with Gasteiger partial charge in [0.2, 0.25) is 5.88 Å². The fraction of sp³-hybridized carbons (Fsp3) is 0.200. The van der Waals surface area contributed by atoms with E-state index in [1.54, 1.807) is 0 Å². The van der Waals surface area contributed by atoms with Gasteiger partial charge in [0, 0.05) is 21.2 Å². The van der Waals surface area contributed by atoms with Crippen molar-refractivity contribution < 1.29 is 31.4 Å². The lowest BCUT2D eigenvalue weighted by atomic mass is 10.1. The predicted molar refractivity (Wildman–Crippen MR) is 107 cm³/mol. The molecular formula is C20H12Cl2F6N2O3. The normalized spacial score (nSPS) is 12.2. The lowest BCUT2D eigenvalue weighted by Crippen LogP contribution is -2.44. The molecule has 5 nitrogen and oxygen atoms in total. The summed E-state index contributed by atoms with van der Waals surface area (Å²) in [4.78, 5) is 24.7. The molecule has 13 heteroatoms. The van der Waals surface area contributed by atoms with Gasteiger partial charge in [0.15, 0.2) is 0 Å². The van der Waals surface area contributed by atoms with Gasteiger partial charge in [-0.15, -0.1) is 0 Å². The quantitative estimate of drug-likeness (QED) is 0.478. The summed E-state index contributed by atoms with van der Waals surface area (Å²) in [6, 6.07) is 4.07. The molecule has 0 saturated heterocycles. The highest BCUT2D eigenvalue weighted by Gasteiger charge is 2.37. The highest BCUT2D eigenvalue weighted by molar-refractivity contribution is 6.30. The van der Waals surface area contributed by atoms with Crippen LogP contribution in [0.5, 0.6) is 5.88 Å². The Hall–Kier alpha value is -2.92. The summed E-state index contributed by atoms with van der Waals surface area (Å²) >= 11 is 11.1. The number of aromatic hydroxyl groups is 1. The molecule has 0 saturated carbocycles. The van der Waals surface area contributed by atoms with Crippen molar-refractivity contribution in [2.24, 2.45) is 0 Å². The van der Waals surface area contributed by atoms with E-state index in [0.29, 0.717) is 24.3 Å². The number of alkyl halides is 4. The molecule has 0 aliphatic rings.